The summed E-state index contributed by atoms with van der Waals surface area (Å²) in [5.41, 5.74) is 1.69. The van der Waals surface area contributed by atoms with E-state index in [9.17, 15) is 10.1 Å². The van der Waals surface area contributed by atoms with E-state index in [4.69, 9.17) is 16.0 Å². The number of fused-ring (bicyclic) bond motifs is 1. The second kappa shape index (κ2) is 6.79. The van der Waals surface area contributed by atoms with E-state index in [1.54, 1.807) is 29.9 Å². The molecule has 0 spiro atoms. The molecule has 4 aromatic rings. The number of carbonyl (C=O) groups excluding carboxylic acids is 1. The summed E-state index contributed by atoms with van der Waals surface area (Å²) >= 11 is 6.07. The minimum absolute atomic E-state index is 0.138. The molecule has 0 atom stereocenters. The first kappa shape index (κ1) is 17.7. The molecule has 0 amide bonds. The van der Waals surface area contributed by atoms with E-state index in [1.165, 1.54) is 13.3 Å². The number of carbonyl (C=O) groups is 1. The summed E-state index contributed by atoms with van der Waals surface area (Å²) in [6, 6.07) is 9.23. The van der Waals surface area contributed by atoms with Crippen molar-refractivity contribution in [3.63, 3.8) is 0 Å². The smallest absolute Gasteiger partial charge is 0.217 e. The molecule has 4 rings (SSSR count). The number of nitrogens with one attached hydrogen (secondary N) is 1. The first-order chi connectivity index (χ1) is 13.5. The molecule has 1 N–H and O–H groups in total. The molecule has 0 aliphatic heterocycles. The fourth-order valence-corrected chi connectivity index (χ4v) is 3.20. The van der Waals surface area contributed by atoms with Gasteiger partial charge in [-0.25, -0.2) is 14.6 Å². The number of Topliss-reactive ketones (excluding diaryl/α,β-unsaturated/α-hetero) is 1. The van der Waals surface area contributed by atoms with Gasteiger partial charge in [0, 0.05) is 5.02 Å². The molecular formula is C19H13ClN6O2. The number of hydrogen-bond donors (Lipinski definition) is 1. The lowest BCUT2D eigenvalue weighted by atomic mass is 10.1. The van der Waals surface area contributed by atoms with Crippen LogP contribution in [0.3, 0.4) is 0 Å². The van der Waals surface area contributed by atoms with Crippen molar-refractivity contribution in [1.82, 2.24) is 19.7 Å². The van der Waals surface area contributed by atoms with Crippen molar-refractivity contribution >= 4 is 40.1 Å². The van der Waals surface area contributed by atoms with Gasteiger partial charge >= 0.3 is 0 Å². The van der Waals surface area contributed by atoms with Crippen molar-refractivity contribution < 1.29 is 9.21 Å². The topological polar surface area (TPSA) is 110 Å². The standard InChI is InChI=1S/C19H13ClN6O2/c1-10(27)16-11(2)28-19(14(16)7-21)25-17-15-8-24-26(18(15)23-9-22-17)13-5-3-4-12(20)6-13/h3-6,8-9H,1-2H3,(H,22,23,25). The van der Waals surface area contributed by atoms with Crippen LogP contribution in [-0.4, -0.2) is 25.5 Å². The minimum Gasteiger partial charge on any atom is -0.443 e. The number of halogens is 1. The van der Waals surface area contributed by atoms with Gasteiger partial charge in [-0.3, -0.25) is 4.79 Å². The predicted octanol–water partition coefficient (Wildman–Crippen LogP) is 4.19. The third-order valence-corrected chi connectivity index (χ3v) is 4.43. The predicted molar refractivity (Wildman–Crippen MR) is 103 cm³/mol. The molecule has 0 radical (unpaired) electrons. The maximum atomic E-state index is 11.8. The summed E-state index contributed by atoms with van der Waals surface area (Å²) in [5, 5.41) is 18.0. The second-order valence-electron chi connectivity index (χ2n) is 6.03. The lowest BCUT2D eigenvalue weighted by molar-refractivity contribution is 0.101. The first-order valence-corrected chi connectivity index (χ1v) is 8.63. The van der Waals surface area contributed by atoms with Gasteiger partial charge in [-0.2, -0.15) is 10.4 Å². The summed E-state index contributed by atoms with van der Waals surface area (Å²) in [5.74, 6) is 0.679. The number of hydrogen-bond acceptors (Lipinski definition) is 7. The molecule has 0 bridgehead atoms. The molecule has 0 saturated heterocycles. The van der Waals surface area contributed by atoms with Crippen LogP contribution in [0.25, 0.3) is 16.7 Å². The minimum atomic E-state index is -0.243. The molecule has 138 valence electrons. The Morgan fingerprint density at radius 1 is 1.36 bits per heavy atom. The Bertz CT molecular complexity index is 1270. The van der Waals surface area contributed by atoms with Crippen LogP contribution in [0.1, 0.15) is 28.6 Å². The molecule has 0 saturated carbocycles. The number of aromatic nitrogens is 4. The van der Waals surface area contributed by atoms with Crippen LogP contribution < -0.4 is 5.32 Å². The summed E-state index contributed by atoms with van der Waals surface area (Å²) in [7, 11) is 0. The molecule has 8 nitrogen and oxygen atoms in total. The van der Waals surface area contributed by atoms with Crippen LogP contribution in [-0.2, 0) is 0 Å². The Morgan fingerprint density at radius 3 is 2.89 bits per heavy atom. The van der Waals surface area contributed by atoms with Crippen LogP contribution >= 0.6 is 11.6 Å². The van der Waals surface area contributed by atoms with Gasteiger partial charge in [-0.05, 0) is 32.0 Å². The Labute approximate surface area is 164 Å². The van der Waals surface area contributed by atoms with Gasteiger partial charge in [0.1, 0.15) is 29.5 Å². The zero-order valence-corrected chi connectivity index (χ0v) is 15.7. The molecule has 0 fully saturated rings. The molecule has 3 heterocycles. The van der Waals surface area contributed by atoms with E-state index in [0.29, 0.717) is 27.6 Å². The molecular weight excluding hydrogens is 380 g/mol. The summed E-state index contributed by atoms with van der Waals surface area (Å²) in [4.78, 5) is 20.4. The normalized spacial score (nSPS) is 10.8. The largest absolute Gasteiger partial charge is 0.443 e. The highest BCUT2D eigenvalue weighted by Crippen LogP contribution is 2.31. The molecule has 0 aliphatic carbocycles. The molecule has 3 aromatic heterocycles. The number of furan rings is 1. The summed E-state index contributed by atoms with van der Waals surface area (Å²) < 4.78 is 7.23. The fraction of sp³-hybridized carbons (Fsp3) is 0.105. The fourth-order valence-electron chi connectivity index (χ4n) is 3.01. The number of rotatable bonds is 4. The quantitative estimate of drug-likeness (QED) is 0.518. The van der Waals surface area contributed by atoms with Crippen molar-refractivity contribution in [2.24, 2.45) is 0 Å². The van der Waals surface area contributed by atoms with E-state index in [0.717, 1.165) is 5.69 Å². The van der Waals surface area contributed by atoms with E-state index in [1.807, 2.05) is 18.2 Å². The van der Waals surface area contributed by atoms with Gasteiger partial charge in [0.05, 0.1) is 22.8 Å². The third-order valence-electron chi connectivity index (χ3n) is 4.20. The van der Waals surface area contributed by atoms with Crippen molar-refractivity contribution in [1.29, 1.82) is 5.26 Å². The van der Waals surface area contributed by atoms with Crippen LogP contribution in [0.5, 0.6) is 0 Å². The summed E-state index contributed by atoms with van der Waals surface area (Å²) in [6.45, 7) is 3.02. The van der Waals surface area contributed by atoms with Gasteiger partial charge in [0.2, 0.25) is 5.88 Å². The first-order valence-electron chi connectivity index (χ1n) is 8.25. The van der Waals surface area contributed by atoms with Gasteiger partial charge < -0.3 is 9.73 Å². The highest BCUT2D eigenvalue weighted by atomic mass is 35.5. The van der Waals surface area contributed by atoms with Crippen LogP contribution in [0.15, 0.2) is 41.2 Å². The Balaban J connectivity index is 1.81. The van der Waals surface area contributed by atoms with Crippen molar-refractivity contribution in [2.45, 2.75) is 13.8 Å². The maximum absolute atomic E-state index is 11.8. The second-order valence-corrected chi connectivity index (χ2v) is 6.46. The van der Waals surface area contributed by atoms with Gasteiger partial charge in [-0.15, -0.1) is 0 Å². The van der Waals surface area contributed by atoms with E-state index < -0.39 is 0 Å². The van der Waals surface area contributed by atoms with Crippen molar-refractivity contribution in [3.8, 4) is 11.8 Å². The monoisotopic (exact) mass is 392 g/mol. The average molecular weight is 393 g/mol. The number of nitriles is 1. The lowest BCUT2D eigenvalue weighted by Crippen LogP contribution is -2.00. The van der Waals surface area contributed by atoms with Gasteiger partial charge in [-0.1, -0.05) is 17.7 Å². The van der Waals surface area contributed by atoms with E-state index in [-0.39, 0.29) is 22.8 Å². The van der Waals surface area contributed by atoms with Gasteiger partial charge in [0.15, 0.2) is 11.4 Å². The Kier molecular flexibility index (Phi) is 4.29. The third kappa shape index (κ3) is 2.88. The summed E-state index contributed by atoms with van der Waals surface area (Å²) in [6.07, 6.45) is 2.98. The zero-order valence-electron chi connectivity index (χ0n) is 14.9. The van der Waals surface area contributed by atoms with Crippen LogP contribution in [0.4, 0.5) is 11.7 Å². The highest BCUT2D eigenvalue weighted by molar-refractivity contribution is 6.30. The van der Waals surface area contributed by atoms with Crippen LogP contribution in [0, 0.1) is 18.3 Å². The average Bonchev–Trinajstić information content (AvgIpc) is 3.23. The van der Waals surface area contributed by atoms with E-state index in [2.05, 4.69) is 20.4 Å². The van der Waals surface area contributed by atoms with Gasteiger partial charge in [0.25, 0.3) is 0 Å². The SMILES string of the molecule is CC(=O)c1c(C)oc(Nc2ncnc3c2cnn3-c2cccc(Cl)c2)c1C#N. The Hall–Kier alpha value is -3.70. The number of anilines is 2. The molecule has 0 unspecified atom stereocenters. The molecule has 1 aromatic carbocycles. The van der Waals surface area contributed by atoms with Crippen molar-refractivity contribution in [3.05, 3.63) is 58.7 Å². The number of nitrogens with zero attached hydrogens (tertiary/aromatic N) is 5. The molecule has 0 aliphatic rings. The highest BCUT2D eigenvalue weighted by Gasteiger charge is 2.22. The Morgan fingerprint density at radius 2 is 2.18 bits per heavy atom. The van der Waals surface area contributed by atoms with Crippen LogP contribution in [0.2, 0.25) is 5.02 Å². The molecule has 28 heavy (non-hydrogen) atoms. The number of aryl methyl sites for hydroxylation is 1. The lowest BCUT2D eigenvalue weighted by Gasteiger charge is -2.05. The zero-order chi connectivity index (χ0) is 19.8. The molecule has 9 heteroatoms. The van der Waals surface area contributed by atoms with Crippen molar-refractivity contribution in [2.75, 3.05) is 5.32 Å². The number of ketones is 1. The van der Waals surface area contributed by atoms with E-state index >= 15 is 0 Å². The maximum Gasteiger partial charge on any atom is 0.217 e. The number of benzene rings is 1.